The van der Waals surface area contributed by atoms with Crippen LogP contribution in [0.25, 0.3) is 23.3 Å². The second kappa shape index (κ2) is 14.1. The number of rotatable bonds is 10. The standard InChI is InChI=1S/C15H12ClF4N7.C15H17F3N4/c1-3-10-7-9(23-27(10)12-11(16)5-4-6-21-12)8-26-24-13(22-25-26)15(19,20)14(2,17)18;1-9-7-11(8-12(10(2)19-3)14(9)20-4)22-6-5-13(21-22)15(16,17)18/h3-7H,1,8H2,2H3;5-8,19-20H,2H2,1,3-4H3. The number of alkyl halides is 7. The number of hydrogen-bond donors (Lipinski definition) is 2. The summed E-state index contributed by atoms with van der Waals surface area (Å²) in [5.41, 5.74) is 3.68. The maximum atomic E-state index is 13.6. The predicted octanol–water partition coefficient (Wildman–Crippen LogP) is 6.78. The number of aromatic nitrogens is 9. The first kappa shape index (κ1) is 36.6. The van der Waals surface area contributed by atoms with Crippen molar-refractivity contribution in [2.24, 2.45) is 0 Å². The van der Waals surface area contributed by atoms with Crippen molar-refractivity contribution in [2.45, 2.75) is 38.4 Å². The topological polar surface area (TPSA) is 116 Å². The van der Waals surface area contributed by atoms with E-state index < -0.39 is 29.5 Å². The van der Waals surface area contributed by atoms with Crippen molar-refractivity contribution in [3.63, 3.8) is 0 Å². The molecule has 0 saturated heterocycles. The summed E-state index contributed by atoms with van der Waals surface area (Å²) in [7, 11) is 3.52. The van der Waals surface area contributed by atoms with Gasteiger partial charge in [0.15, 0.2) is 11.5 Å². The van der Waals surface area contributed by atoms with Gasteiger partial charge in [0, 0.05) is 50.4 Å². The smallest absolute Gasteiger partial charge is 0.388 e. The minimum atomic E-state index is -4.54. The largest absolute Gasteiger partial charge is 0.435 e. The SMILES string of the molecule is C=C(NC)c1cc(-n2ccc(C(F)(F)F)n2)cc(C)c1NC.C=Cc1cc(Cn2nnc(C(F)(F)C(C)(F)F)n2)nn1-c1ncccc1Cl. The maximum absolute atomic E-state index is 13.6. The van der Waals surface area contributed by atoms with Crippen LogP contribution < -0.4 is 10.6 Å². The average Bonchev–Trinajstić information content (AvgIpc) is 3.81. The molecule has 11 nitrogen and oxygen atoms in total. The summed E-state index contributed by atoms with van der Waals surface area (Å²) >= 11 is 6.10. The van der Waals surface area contributed by atoms with Gasteiger partial charge in [-0.15, -0.1) is 10.2 Å². The molecule has 2 N–H and O–H groups in total. The molecule has 1 aromatic carbocycles. The zero-order valence-electron chi connectivity index (χ0n) is 26.4. The van der Waals surface area contributed by atoms with Crippen LogP contribution in [-0.2, 0) is 18.6 Å². The molecule has 4 aromatic heterocycles. The van der Waals surface area contributed by atoms with Gasteiger partial charge in [-0.25, -0.2) is 14.3 Å². The summed E-state index contributed by atoms with van der Waals surface area (Å²) < 4.78 is 93.9. The van der Waals surface area contributed by atoms with Gasteiger partial charge in [0.25, 0.3) is 0 Å². The summed E-state index contributed by atoms with van der Waals surface area (Å²) in [4.78, 5) is 4.87. The second-order valence-corrected chi connectivity index (χ2v) is 10.8. The Morgan fingerprint density at radius 1 is 1.02 bits per heavy atom. The van der Waals surface area contributed by atoms with Gasteiger partial charge in [-0.3, -0.25) is 0 Å². The van der Waals surface area contributed by atoms with Crippen LogP contribution in [0, 0.1) is 6.92 Å². The highest BCUT2D eigenvalue weighted by Crippen LogP contribution is 2.40. The molecule has 0 radical (unpaired) electrons. The van der Waals surface area contributed by atoms with Crippen molar-refractivity contribution >= 4 is 29.1 Å². The molecule has 0 amide bonds. The lowest BCUT2D eigenvalue weighted by atomic mass is 10.0. The molecule has 0 fully saturated rings. The third-order valence-electron chi connectivity index (χ3n) is 6.87. The average molecular weight is 712 g/mol. The first-order valence-electron chi connectivity index (χ1n) is 14.1. The molecule has 0 bridgehead atoms. The van der Waals surface area contributed by atoms with E-state index in [0.29, 0.717) is 33.6 Å². The molecule has 19 heteroatoms. The number of benzene rings is 1. The molecule has 0 atom stereocenters. The van der Waals surface area contributed by atoms with Crippen molar-refractivity contribution in [1.29, 1.82) is 0 Å². The van der Waals surface area contributed by atoms with Crippen LogP contribution in [0.15, 0.2) is 61.9 Å². The highest BCUT2D eigenvalue weighted by molar-refractivity contribution is 6.32. The number of pyridine rings is 1. The first-order valence-corrected chi connectivity index (χ1v) is 14.5. The van der Waals surface area contributed by atoms with E-state index in [2.05, 4.69) is 54.4 Å². The lowest BCUT2D eigenvalue weighted by Gasteiger charge is -2.18. The molecule has 0 saturated carbocycles. The van der Waals surface area contributed by atoms with Crippen LogP contribution in [0.2, 0.25) is 5.02 Å². The molecule has 0 spiro atoms. The van der Waals surface area contributed by atoms with Crippen molar-refractivity contribution in [2.75, 3.05) is 19.4 Å². The number of halogens is 8. The number of nitrogens with zero attached hydrogens (tertiary/aromatic N) is 9. The van der Waals surface area contributed by atoms with Crippen LogP contribution in [0.1, 0.15) is 41.0 Å². The van der Waals surface area contributed by atoms with Gasteiger partial charge >= 0.3 is 18.0 Å². The van der Waals surface area contributed by atoms with Crippen LogP contribution in [0.4, 0.5) is 36.4 Å². The summed E-state index contributed by atoms with van der Waals surface area (Å²) in [6, 6.07) is 9.31. The lowest BCUT2D eigenvalue weighted by Crippen LogP contribution is -2.36. The Hall–Kier alpha value is -5.26. The molecule has 0 aliphatic carbocycles. The fourth-order valence-electron chi connectivity index (χ4n) is 4.37. The Bertz CT molecular complexity index is 1960. The molecular formula is C30H29ClF7N11. The fourth-order valence-corrected chi connectivity index (χ4v) is 4.57. The number of nitrogens with one attached hydrogen (secondary N) is 2. The first-order chi connectivity index (χ1) is 22.9. The van der Waals surface area contributed by atoms with Crippen LogP contribution in [-0.4, -0.2) is 64.8 Å². The van der Waals surface area contributed by atoms with Gasteiger partial charge in [-0.05, 0) is 60.2 Å². The van der Waals surface area contributed by atoms with Crippen LogP contribution >= 0.6 is 11.6 Å². The summed E-state index contributed by atoms with van der Waals surface area (Å²) in [6.07, 6.45) is -0.146. The summed E-state index contributed by atoms with van der Waals surface area (Å²) in [5, 5.41) is 24.0. The van der Waals surface area contributed by atoms with Gasteiger partial charge in [0.2, 0.25) is 5.82 Å². The van der Waals surface area contributed by atoms with E-state index in [-0.39, 0.29) is 13.5 Å². The van der Waals surface area contributed by atoms with Gasteiger partial charge in [-0.1, -0.05) is 24.8 Å². The zero-order chi connectivity index (χ0) is 36.3. The molecule has 5 rings (SSSR count). The Balaban J connectivity index is 0.000000226. The fraction of sp³-hybridized carbons (Fsp3) is 0.267. The van der Waals surface area contributed by atoms with E-state index in [1.54, 1.807) is 44.4 Å². The number of aryl methyl sites for hydroxylation is 1. The molecule has 0 aliphatic rings. The highest BCUT2D eigenvalue weighted by atomic mass is 35.5. The molecule has 260 valence electrons. The third-order valence-corrected chi connectivity index (χ3v) is 7.16. The normalized spacial score (nSPS) is 11.9. The number of tetrazole rings is 1. The molecule has 0 aliphatic heterocycles. The highest BCUT2D eigenvalue weighted by Gasteiger charge is 2.57. The van der Waals surface area contributed by atoms with E-state index >= 15 is 0 Å². The van der Waals surface area contributed by atoms with E-state index in [0.717, 1.165) is 27.7 Å². The molecule has 49 heavy (non-hydrogen) atoms. The third kappa shape index (κ3) is 7.90. The van der Waals surface area contributed by atoms with Gasteiger partial charge in [0.05, 0.1) is 22.1 Å². The van der Waals surface area contributed by atoms with Crippen LogP contribution in [0.5, 0.6) is 0 Å². The van der Waals surface area contributed by atoms with E-state index in [9.17, 15) is 30.7 Å². The van der Waals surface area contributed by atoms with Gasteiger partial charge in [-0.2, -0.15) is 45.7 Å². The molecule has 5 aromatic rings. The minimum Gasteiger partial charge on any atom is -0.388 e. The second-order valence-electron chi connectivity index (χ2n) is 10.4. The maximum Gasteiger partial charge on any atom is 0.435 e. The number of anilines is 1. The number of hydrogen-bond acceptors (Lipinski definition) is 8. The minimum absolute atomic E-state index is 0.0856. The molecule has 4 heterocycles. The van der Waals surface area contributed by atoms with Crippen molar-refractivity contribution in [3.05, 3.63) is 101 Å². The van der Waals surface area contributed by atoms with Gasteiger partial charge in [0.1, 0.15) is 6.54 Å². The quantitative estimate of drug-likeness (QED) is 0.153. The van der Waals surface area contributed by atoms with Crippen molar-refractivity contribution in [1.82, 2.24) is 50.1 Å². The van der Waals surface area contributed by atoms with E-state index in [4.69, 9.17) is 11.6 Å². The van der Waals surface area contributed by atoms with Crippen molar-refractivity contribution in [3.8, 4) is 11.5 Å². The Labute approximate surface area is 280 Å². The van der Waals surface area contributed by atoms with E-state index in [1.165, 1.54) is 27.8 Å². The molecular weight excluding hydrogens is 683 g/mol. The van der Waals surface area contributed by atoms with Crippen LogP contribution in [0.3, 0.4) is 0 Å². The zero-order valence-corrected chi connectivity index (χ0v) is 27.1. The van der Waals surface area contributed by atoms with E-state index in [1.807, 2.05) is 6.92 Å². The summed E-state index contributed by atoms with van der Waals surface area (Å²) in [6.45, 7) is 9.35. The summed E-state index contributed by atoms with van der Waals surface area (Å²) in [5.74, 6) is -9.90. The Morgan fingerprint density at radius 3 is 2.31 bits per heavy atom. The molecule has 0 unspecified atom stereocenters. The Morgan fingerprint density at radius 2 is 1.73 bits per heavy atom. The van der Waals surface area contributed by atoms with Crippen molar-refractivity contribution < 1.29 is 30.7 Å². The Kier molecular flexibility index (Phi) is 10.5. The lowest BCUT2D eigenvalue weighted by molar-refractivity contribution is -0.209. The monoisotopic (exact) mass is 711 g/mol. The van der Waals surface area contributed by atoms with Gasteiger partial charge < -0.3 is 10.6 Å². The predicted molar refractivity (Wildman–Crippen MR) is 169 cm³/mol.